The summed E-state index contributed by atoms with van der Waals surface area (Å²) in [4.78, 5) is 19.8. The lowest BCUT2D eigenvalue weighted by Gasteiger charge is -2.34. The van der Waals surface area contributed by atoms with Crippen LogP contribution < -0.4 is 15.0 Å². The lowest BCUT2D eigenvalue weighted by Crippen LogP contribution is -2.44. The van der Waals surface area contributed by atoms with Gasteiger partial charge in [-0.25, -0.2) is 0 Å². The van der Waals surface area contributed by atoms with Crippen LogP contribution >= 0.6 is 0 Å². The molecule has 4 rings (SSSR count). The zero-order chi connectivity index (χ0) is 22.9. The van der Waals surface area contributed by atoms with Gasteiger partial charge < -0.3 is 24.8 Å². The minimum absolute atomic E-state index is 0.0648. The number of alkyl halides is 3. The van der Waals surface area contributed by atoms with Gasteiger partial charge in [0.05, 0.1) is 24.8 Å². The second kappa shape index (κ2) is 8.74. The largest absolute Gasteiger partial charge is 0.497 e. The Labute approximate surface area is 183 Å². The van der Waals surface area contributed by atoms with Crippen molar-refractivity contribution in [1.29, 1.82) is 0 Å². The zero-order valence-corrected chi connectivity index (χ0v) is 17.9. The van der Waals surface area contributed by atoms with Crippen LogP contribution in [-0.2, 0) is 17.4 Å². The molecule has 0 bridgehead atoms. The van der Waals surface area contributed by atoms with Gasteiger partial charge in [0.25, 0.3) is 0 Å². The first-order valence-electron chi connectivity index (χ1n) is 10.3. The fourth-order valence-corrected chi connectivity index (χ4v) is 3.94. The fraction of sp³-hybridized carbons (Fsp3) is 0.348. The number of halogens is 3. The Morgan fingerprint density at radius 3 is 2.56 bits per heavy atom. The molecule has 1 aliphatic heterocycles. The molecule has 9 heteroatoms. The predicted octanol–water partition coefficient (Wildman–Crippen LogP) is 4.13. The van der Waals surface area contributed by atoms with Gasteiger partial charge in [-0.2, -0.15) is 13.2 Å². The van der Waals surface area contributed by atoms with E-state index in [9.17, 15) is 18.0 Å². The predicted molar refractivity (Wildman–Crippen MR) is 118 cm³/mol. The van der Waals surface area contributed by atoms with Crippen LogP contribution in [0.4, 0.5) is 24.5 Å². The van der Waals surface area contributed by atoms with Crippen LogP contribution in [0.2, 0.25) is 0 Å². The quantitative estimate of drug-likeness (QED) is 0.619. The molecule has 1 fully saturated rings. The molecule has 1 aromatic heterocycles. The lowest BCUT2D eigenvalue weighted by molar-refractivity contribution is -0.136. The van der Waals surface area contributed by atoms with Crippen LogP contribution in [0.3, 0.4) is 0 Å². The molecule has 2 aromatic carbocycles. The van der Waals surface area contributed by atoms with E-state index in [4.69, 9.17) is 4.74 Å². The van der Waals surface area contributed by atoms with Crippen molar-refractivity contribution in [3.63, 3.8) is 0 Å². The van der Waals surface area contributed by atoms with Gasteiger partial charge in [-0.15, -0.1) is 0 Å². The minimum Gasteiger partial charge on any atom is -0.497 e. The SMILES string of the molecule is COc1ccc2[nH]cc(CC(=O)Nc3ccc(N4CCN(C)CC4)cc3C(F)(F)F)c2c1. The number of likely N-dealkylation sites (N-methyl/N-ethyl adjacent to an activating group) is 1. The summed E-state index contributed by atoms with van der Waals surface area (Å²) in [6.07, 6.45) is -2.96. The van der Waals surface area contributed by atoms with Crippen molar-refractivity contribution in [3.8, 4) is 5.75 Å². The Balaban J connectivity index is 1.55. The van der Waals surface area contributed by atoms with E-state index in [-0.39, 0.29) is 12.1 Å². The van der Waals surface area contributed by atoms with E-state index in [2.05, 4.69) is 15.2 Å². The smallest absolute Gasteiger partial charge is 0.418 e. The zero-order valence-electron chi connectivity index (χ0n) is 17.9. The maximum Gasteiger partial charge on any atom is 0.418 e. The van der Waals surface area contributed by atoms with Gasteiger partial charge in [-0.05, 0) is 49.0 Å². The molecule has 32 heavy (non-hydrogen) atoms. The highest BCUT2D eigenvalue weighted by atomic mass is 19.4. The number of carbonyl (C=O) groups is 1. The van der Waals surface area contributed by atoms with Gasteiger partial charge in [0.1, 0.15) is 5.75 Å². The second-order valence-corrected chi connectivity index (χ2v) is 7.97. The summed E-state index contributed by atoms with van der Waals surface area (Å²) in [5.41, 5.74) is 0.924. The number of nitrogens with one attached hydrogen (secondary N) is 2. The molecule has 6 nitrogen and oxygen atoms in total. The van der Waals surface area contributed by atoms with Crippen LogP contribution in [0.25, 0.3) is 10.9 Å². The highest BCUT2D eigenvalue weighted by Crippen LogP contribution is 2.37. The molecule has 2 N–H and O–H groups in total. The summed E-state index contributed by atoms with van der Waals surface area (Å²) >= 11 is 0. The average Bonchev–Trinajstić information content (AvgIpc) is 3.15. The first-order valence-corrected chi connectivity index (χ1v) is 10.3. The summed E-state index contributed by atoms with van der Waals surface area (Å²) in [6.45, 7) is 2.89. The Morgan fingerprint density at radius 1 is 1.12 bits per heavy atom. The topological polar surface area (TPSA) is 60.6 Å². The number of hydrogen-bond acceptors (Lipinski definition) is 4. The maximum atomic E-state index is 13.8. The van der Waals surface area contributed by atoms with Gasteiger partial charge in [-0.1, -0.05) is 0 Å². The van der Waals surface area contributed by atoms with E-state index in [1.54, 1.807) is 31.5 Å². The number of ether oxygens (including phenoxy) is 1. The molecular weight excluding hydrogens is 421 g/mol. The molecule has 0 aliphatic carbocycles. The third-order valence-corrected chi connectivity index (χ3v) is 5.78. The molecule has 1 saturated heterocycles. The summed E-state index contributed by atoms with van der Waals surface area (Å²) < 4.78 is 46.6. The van der Waals surface area contributed by atoms with E-state index in [0.717, 1.165) is 30.1 Å². The van der Waals surface area contributed by atoms with Crippen molar-refractivity contribution in [1.82, 2.24) is 9.88 Å². The van der Waals surface area contributed by atoms with Crippen LogP contribution in [0.5, 0.6) is 5.75 Å². The number of aromatic nitrogens is 1. The molecular formula is C23H25F3N4O2. The summed E-state index contributed by atoms with van der Waals surface area (Å²) in [7, 11) is 3.53. The number of rotatable bonds is 5. The number of benzene rings is 2. The van der Waals surface area contributed by atoms with Crippen LogP contribution in [-0.4, -0.2) is 56.1 Å². The summed E-state index contributed by atoms with van der Waals surface area (Å²) in [5, 5.41) is 3.25. The third-order valence-electron chi connectivity index (χ3n) is 5.78. The van der Waals surface area contributed by atoms with Crippen LogP contribution in [0, 0.1) is 0 Å². The molecule has 0 atom stereocenters. The highest BCUT2D eigenvalue weighted by molar-refractivity contribution is 5.96. The molecule has 0 radical (unpaired) electrons. The Bertz CT molecular complexity index is 1120. The molecule has 1 aliphatic rings. The van der Waals surface area contributed by atoms with E-state index in [1.165, 1.54) is 6.07 Å². The number of H-pyrrole nitrogens is 1. The van der Waals surface area contributed by atoms with Gasteiger partial charge >= 0.3 is 6.18 Å². The van der Waals surface area contributed by atoms with Crippen molar-refractivity contribution >= 4 is 28.2 Å². The van der Waals surface area contributed by atoms with Crippen LogP contribution in [0.1, 0.15) is 11.1 Å². The number of carbonyl (C=O) groups excluding carboxylic acids is 1. The third kappa shape index (κ3) is 4.67. The monoisotopic (exact) mass is 446 g/mol. The number of anilines is 2. The molecule has 0 saturated carbocycles. The van der Waals surface area contributed by atoms with Crippen molar-refractivity contribution in [3.05, 3.63) is 53.7 Å². The maximum absolute atomic E-state index is 13.8. The van der Waals surface area contributed by atoms with Crippen molar-refractivity contribution in [2.45, 2.75) is 12.6 Å². The normalized spacial score (nSPS) is 15.2. The van der Waals surface area contributed by atoms with E-state index >= 15 is 0 Å². The summed E-state index contributed by atoms with van der Waals surface area (Å²) in [5.74, 6) is 0.115. The number of piperazine rings is 1. The molecule has 1 amide bonds. The van der Waals surface area contributed by atoms with E-state index in [1.807, 2.05) is 18.0 Å². The average molecular weight is 446 g/mol. The number of amides is 1. The molecule has 3 aromatic rings. The number of fused-ring (bicyclic) bond motifs is 1. The van der Waals surface area contributed by atoms with Gasteiger partial charge in [0, 0.05) is 49.0 Å². The molecule has 0 spiro atoms. The van der Waals surface area contributed by atoms with Gasteiger partial charge in [0.15, 0.2) is 0 Å². The number of nitrogens with zero attached hydrogens (tertiary/aromatic N) is 2. The Hall–Kier alpha value is -3.20. The van der Waals surface area contributed by atoms with Gasteiger partial charge in [0.2, 0.25) is 5.91 Å². The number of methoxy groups -OCH3 is 1. The fourth-order valence-electron chi connectivity index (χ4n) is 3.94. The lowest BCUT2D eigenvalue weighted by atomic mass is 10.1. The standard InChI is InChI=1S/C23H25F3N4O2/c1-29-7-9-30(10-8-29)16-3-5-21(19(12-16)23(24,25)26)28-22(31)11-15-14-27-20-6-4-17(32-2)13-18(15)20/h3-6,12-14,27H,7-11H2,1-2H3,(H,28,31). The van der Waals surface area contributed by atoms with Crippen molar-refractivity contribution in [2.75, 3.05) is 50.6 Å². The molecule has 2 heterocycles. The molecule has 170 valence electrons. The van der Waals surface area contributed by atoms with Crippen molar-refractivity contribution in [2.24, 2.45) is 0 Å². The first-order chi connectivity index (χ1) is 15.2. The Kier molecular flexibility index (Phi) is 6.01. The first kappa shape index (κ1) is 22.0. The Morgan fingerprint density at radius 2 is 1.88 bits per heavy atom. The van der Waals surface area contributed by atoms with Crippen LogP contribution in [0.15, 0.2) is 42.6 Å². The minimum atomic E-state index is -4.58. The highest BCUT2D eigenvalue weighted by Gasteiger charge is 2.35. The number of hydrogen-bond donors (Lipinski definition) is 2. The van der Waals surface area contributed by atoms with E-state index < -0.39 is 17.6 Å². The number of aromatic amines is 1. The summed E-state index contributed by atoms with van der Waals surface area (Å²) in [6, 6.07) is 9.51. The van der Waals surface area contributed by atoms with Crippen molar-refractivity contribution < 1.29 is 22.7 Å². The second-order valence-electron chi connectivity index (χ2n) is 7.97. The van der Waals surface area contributed by atoms with E-state index in [0.29, 0.717) is 30.1 Å². The van der Waals surface area contributed by atoms with Gasteiger partial charge in [-0.3, -0.25) is 4.79 Å². The molecule has 0 unspecified atom stereocenters.